The van der Waals surface area contributed by atoms with E-state index in [0.29, 0.717) is 19.4 Å². The number of benzene rings is 1. The average molecular weight is 302 g/mol. The molecule has 1 aromatic carbocycles. The van der Waals surface area contributed by atoms with Crippen molar-refractivity contribution in [3.8, 4) is 0 Å². The van der Waals surface area contributed by atoms with E-state index in [1.54, 1.807) is 0 Å². The van der Waals surface area contributed by atoms with Crippen LogP contribution in [0.5, 0.6) is 0 Å². The first-order valence-electron chi connectivity index (χ1n) is 7.85. The fourth-order valence-corrected chi connectivity index (χ4v) is 3.08. The second-order valence-electron chi connectivity index (χ2n) is 7.13. The second-order valence-corrected chi connectivity index (χ2v) is 7.13. The van der Waals surface area contributed by atoms with Crippen LogP contribution in [0.2, 0.25) is 0 Å². The second kappa shape index (κ2) is 6.21. The van der Waals surface area contributed by atoms with E-state index in [-0.39, 0.29) is 23.3 Å². The van der Waals surface area contributed by atoms with Crippen molar-refractivity contribution in [3.63, 3.8) is 0 Å². The quantitative estimate of drug-likeness (QED) is 0.913. The zero-order valence-corrected chi connectivity index (χ0v) is 14.2. The first-order valence-corrected chi connectivity index (χ1v) is 7.85. The molecule has 1 saturated heterocycles. The van der Waals surface area contributed by atoms with Crippen LogP contribution in [0.15, 0.2) is 18.2 Å². The minimum Gasteiger partial charge on any atom is -0.324 e. The van der Waals surface area contributed by atoms with E-state index in [2.05, 4.69) is 31.0 Å². The van der Waals surface area contributed by atoms with Gasteiger partial charge in [0.2, 0.25) is 5.91 Å². The Kier molecular flexibility index (Phi) is 4.71. The third-order valence-electron chi connectivity index (χ3n) is 4.32. The van der Waals surface area contributed by atoms with Gasteiger partial charge in [0.1, 0.15) is 5.78 Å². The van der Waals surface area contributed by atoms with Crippen molar-refractivity contribution in [3.05, 3.63) is 29.3 Å². The largest absolute Gasteiger partial charge is 0.324 e. The van der Waals surface area contributed by atoms with Crippen molar-refractivity contribution in [2.45, 2.75) is 59.0 Å². The van der Waals surface area contributed by atoms with Crippen molar-refractivity contribution in [2.24, 2.45) is 0 Å². The number of piperidine rings is 1. The van der Waals surface area contributed by atoms with Crippen molar-refractivity contribution < 1.29 is 9.59 Å². The van der Waals surface area contributed by atoms with Crippen LogP contribution >= 0.6 is 0 Å². The van der Waals surface area contributed by atoms with Crippen molar-refractivity contribution >= 4 is 17.4 Å². The molecule has 2 rings (SSSR count). The number of carbonyl (C=O) groups excluding carboxylic acids is 2. The summed E-state index contributed by atoms with van der Waals surface area (Å²) in [4.78, 5) is 26.7. The first-order chi connectivity index (χ1) is 10.2. The van der Waals surface area contributed by atoms with Crippen LogP contribution in [0.25, 0.3) is 0 Å². The van der Waals surface area contributed by atoms with Crippen molar-refractivity contribution in [2.75, 3.05) is 11.9 Å². The van der Waals surface area contributed by atoms with Crippen LogP contribution < -0.4 is 5.32 Å². The van der Waals surface area contributed by atoms with Crippen LogP contribution in [-0.4, -0.2) is 34.7 Å². The molecule has 1 N–H and O–H groups in total. The summed E-state index contributed by atoms with van der Waals surface area (Å²) < 4.78 is 0. The molecule has 1 aliphatic heterocycles. The highest BCUT2D eigenvalue weighted by atomic mass is 16.2. The molecule has 120 valence electrons. The van der Waals surface area contributed by atoms with Crippen LogP contribution in [0.4, 0.5) is 5.69 Å². The zero-order valence-electron chi connectivity index (χ0n) is 14.2. The van der Waals surface area contributed by atoms with Crippen LogP contribution in [-0.2, 0) is 9.59 Å². The molecule has 1 fully saturated rings. The normalized spacial score (nSPS) is 20.0. The summed E-state index contributed by atoms with van der Waals surface area (Å²) in [5.41, 5.74) is 2.80. The molecule has 1 aromatic rings. The molecular weight excluding hydrogens is 276 g/mol. The topological polar surface area (TPSA) is 49.4 Å². The third-order valence-corrected chi connectivity index (χ3v) is 4.32. The number of Topliss-reactive ketones (excluding diaryl/α,β-unsaturated/α-hetero) is 1. The van der Waals surface area contributed by atoms with E-state index >= 15 is 0 Å². The van der Waals surface area contributed by atoms with E-state index < -0.39 is 0 Å². The number of rotatable bonds is 2. The van der Waals surface area contributed by atoms with Gasteiger partial charge >= 0.3 is 0 Å². The molecule has 0 saturated carbocycles. The molecule has 1 heterocycles. The van der Waals surface area contributed by atoms with Crippen molar-refractivity contribution in [1.82, 2.24) is 4.90 Å². The molecule has 0 radical (unpaired) electrons. The molecule has 1 atom stereocenters. The van der Waals surface area contributed by atoms with E-state index in [9.17, 15) is 9.59 Å². The molecule has 0 aromatic heterocycles. The Bertz CT molecular complexity index is 567. The molecule has 4 heteroatoms. The summed E-state index contributed by atoms with van der Waals surface area (Å²) in [5, 5.41) is 3.04. The SMILES string of the molecule is Cc1cccc(C)c1NC(=O)C1CC(=O)CCN1C(C)(C)C. The predicted molar refractivity (Wildman–Crippen MR) is 89.0 cm³/mol. The number of carbonyl (C=O) groups is 2. The van der Waals surface area contributed by atoms with E-state index in [4.69, 9.17) is 0 Å². The molecule has 0 spiro atoms. The molecule has 0 aliphatic carbocycles. The summed E-state index contributed by atoms with van der Waals surface area (Å²) in [6, 6.07) is 5.55. The van der Waals surface area contributed by atoms with Crippen LogP contribution in [0.1, 0.15) is 44.7 Å². The standard InChI is InChI=1S/C18H26N2O2/c1-12-7-6-8-13(2)16(12)19-17(22)15-11-14(21)9-10-20(15)18(3,4)5/h6-8,15H,9-11H2,1-5H3,(H,19,22). The molecule has 4 nitrogen and oxygen atoms in total. The van der Waals surface area contributed by atoms with Gasteiger partial charge in [-0.1, -0.05) is 18.2 Å². The van der Waals surface area contributed by atoms with Gasteiger partial charge in [0, 0.05) is 30.6 Å². The third kappa shape index (κ3) is 3.55. The number of likely N-dealkylation sites (tertiary alicyclic amines) is 1. The van der Waals surface area contributed by atoms with Gasteiger partial charge in [-0.2, -0.15) is 0 Å². The number of aryl methyl sites for hydroxylation is 2. The van der Waals surface area contributed by atoms with Gasteiger partial charge < -0.3 is 5.32 Å². The average Bonchev–Trinajstić information content (AvgIpc) is 2.41. The number of amides is 1. The maximum absolute atomic E-state index is 12.8. The number of hydrogen-bond donors (Lipinski definition) is 1. The zero-order chi connectivity index (χ0) is 16.5. The Morgan fingerprint density at radius 1 is 1.23 bits per heavy atom. The lowest BCUT2D eigenvalue weighted by Crippen LogP contribution is -2.57. The smallest absolute Gasteiger partial charge is 0.242 e. The van der Waals surface area contributed by atoms with Crippen LogP contribution in [0, 0.1) is 13.8 Å². The minimum atomic E-state index is -0.389. The Morgan fingerprint density at radius 2 is 1.82 bits per heavy atom. The number of nitrogens with zero attached hydrogens (tertiary/aromatic N) is 1. The highest BCUT2D eigenvalue weighted by Crippen LogP contribution is 2.26. The van der Waals surface area contributed by atoms with Gasteiger partial charge in [0.05, 0.1) is 6.04 Å². The lowest BCUT2D eigenvalue weighted by atomic mass is 9.93. The number of hydrogen-bond acceptors (Lipinski definition) is 3. The molecule has 22 heavy (non-hydrogen) atoms. The van der Waals surface area contributed by atoms with Crippen molar-refractivity contribution in [1.29, 1.82) is 0 Å². The summed E-state index contributed by atoms with van der Waals surface area (Å²) in [5.74, 6) is 0.0857. The molecule has 1 amide bonds. The lowest BCUT2D eigenvalue weighted by molar-refractivity contribution is -0.134. The van der Waals surface area contributed by atoms with E-state index in [0.717, 1.165) is 16.8 Å². The maximum atomic E-state index is 12.8. The Balaban J connectivity index is 2.24. The Morgan fingerprint density at radius 3 is 2.36 bits per heavy atom. The maximum Gasteiger partial charge on any atom is 0.242 e. The monoisotopic (exact) mass is 302 g/mol. The molecule has 1 aliphatic rings. The fourth-order valence-electron chi connectivity index (χ4n) is 3.08. The minimum absolute atomic E-state index is 0.0830. The number of anilines is 1. The summed E-state index contributed by atoms with van der Waals surface area (Å²) in [7, 11) is 0. The summed E-state index contributed by atoms with van der Waals surface area (Å²) in [6.45, 7) is 10.9. The fraction of sp³-hybridized carbons (Fsp3) is 0.556. The Hall–Kier alpha value is -1.68. The number of ketones is 1. The van der Waals surface area contributed by atoms with Gasteiger partial charge in [-0.25, -0.2) is 0 Å². The highest BCUT2D eigenvalue weighted by molar-refractivity contribution is 5.99. The summed E-state index contributed by atoms with van der Waals surface area (Å²) >= 11 is 0. The molecule has 0 bridgehead atoms. The highest BCUT2D eigenvalue weighted by Gasteiger charge is 2.38. The predicted octanol–water partition coefficient (Wildman–Crippen LogP) is 3.07. The van der Waals surface area contributed by atoms with Crippen LogP contribution in [0.3, 0.4) is 0 Å². The molecule has 1 unspecified atom stereocenters. The van der Waals surface area contributed by atoms with E-state index in [1.807, 2.05) is 32.0 Å². The van der Waals surface area contributed by atoms with Gasteiger partial charge in [0.25, 0.3) is 0 Å². The Labute approximate surface area is 132 Å². The van der Waals surface area contributed by atoms with Gasteiger partial charge in [-0.15, -0.1) is 0 Å². The number of nitrogens with one attached hydrogen (secondary N) is 1. The molecular formula is C18H26N2O2. The van der Waals surface area contributed by atoms with E-state index in [1.165, 1.54) is 0 Å². The van der Waals surface area contributed by atoms with Gasteiger partial charge in [0.15, 0.2) is 0 Å². The van der Waals surface area contributed by atoms with Gasteiger partial charge in [-0.3, -0.25) is 14.5 Å². The lowest BCUT2D eigenvalue weighted by Gasteiger charge is -2.43. The first kappa shape index (κ1) is 16.7. The van der Waals surface area contributed by atoms with Gasteiger partial charge in [-0.05, 0) is 45.7 Å². The number of para-hydroxylation sites is 1. The summed E-state index contributed by atoms with van der Waals surface area (Å²) in [6.07, 6.45) is 0.832.